The molecule has 32 heavy (non-hydrogen) atoms. The van der Waals surface area contributed by atoms with E-state index in [9.17, 15) is 33.9 Å². The molecule has 0 heterocycles. The molecule has 0 aliphatic rings. The minimum absolute atomic E-state index is 0.189. The zero-order valence-corrected chi connectivity index (χ0v) is 17.1. The predicted octanol–water partition coefficient (Wildman–Crippen LogP) is -2.45. The lowest BCUT2D eigenvalue weighted by Gasteiger charge is -2.32. The highest BCUT2D eigenvalue weighted by Crippen LogP contribution is 2.10. The van der Waals surface area contributed by atoms with Crippen LogP contribution in [-0.4, -0.2) is 140 Å². The molecular formula is C17H27N3O12. The zero-order valence-electron chi connectivity index (χ0n) is 17.1. The molecule has 0 bridgehead atoms. The number of nitrogens with zero attached hydrogens (tertiary/aromatic N) is 3. The van der Waals surface area contributed by atoms with Crippen molar-refractivity contribution in [2.45, 2.75) is 18.9 Å². The third-order valence-corrected chi connectivity index (χ3v) is 4.20. The van der Waals surface area contributed by atoms with E-state index >= 15 is 0 Å². The van der Waals surface area contributed by atoms with Crippen LogP contribution in [0, 0.1) is 0 Å². The largest absolute Gasteiger partial charge is 0.481 e. The summed E-state index contributed by atoms with van der Waals surface area (Å²) in [6, 6.07) is -1.36. The Kier molecular flexibility index (Phi) is 13.1. The van der Waals surface area contributed by atoms with Crippen molar-refractivity contribution in [2.24, 2.45) is 0 Å². The van der Waals surface area contributed by atoms with Crippen LogP contribution in [0.2, 0.25) is 0 Å². The molecule has 0 rings (SSSR count). The highest BCUT2D eigenvalue weighted by molar-refractivity contribution is 5.75. The Hall–Kier alpha value is -3.30. The van der Waals surface area contributed by atoms with E-state index in [-0.39, 0.29) is 32.6 Å². The zero-order chi connectivity index (χ0) is 24.8. The molecule has 0 aliphatic heterocycles. The van der Waals surface area contributed by atoms with Gasteiger partial charge in [0.2, 0.25) is 0 Å². The van der Waals surface area contributed by atoms with Crippen molar-refractivity contribution in [2.75, 3.05) is 52.4 Å². The van der Waals surface area contributed by atoms with E-state index < -0.39 is 74.5 Å². The van der Waals surface area contributed by atoms with Gasteiger partial charge in [0.25, 0.3) is 0 Å². The van der Waals surface area contributed by atoms with E-state index in [1.54, 1.807) is 0 Å². The number of hydrogen-bond acceptors (Lipinski definition) is 9. The summed E-state index contributed by atoms with van der Waals surface area (Å²) in [6.07, 6.45) is -0.838. The van der Waals surface area contributed by atoms with Crippen LogP contribution >= 0.6 is 0 Å². The number of hydrogen-bond donors (Lipinski definition) is 6. The van der Waals surface area contributed by atoms with Crippen molar-refractivity contribution in [3.8, 4) is 0 Å². The molecule has 0 unspecified atom stereocenters. The van der Waals surface area contributed by atoms with Crippen molar-refractivity contribution in [3.63, 3.8) is 0 Å². The van der Waals surface area contributed by atoms with Gasteiger partial charge in [-0.1, -0.05) is 0 Å². The molecular weight excluding hydrogens is 438 g/mol. The van der Waals surface area contributed by atoms with Crippen molar-refractivity contribution >= 4 is 35.8 Å². The summed E-state index contributed by atoms with van der Waals surface area (Å²) in [6.45, 7) is -3.35. The maximum atomic E-state index is 11.7. The third kappa shape index (κ3) is 13.8. The Morgan fingerprint density at radius 3 is 1.12 bits per heavy atom. The average Bonchev–Trinajstić information content (AvgIpc) is 2.60. The monoisotopic (exact) mass is 465 g/mol. The van der Waals surface area contributed by atoms with Crippen LogP contribution in [0.4, 0.5) is 0 Å². The molecule has 6 N–H and O–H groups in total. The van der Waals surface area contributed by atoms with Gasteiger partial charge >= 0.3 is 35.8 Å². The van der Waals surface area contributed by atoms with Crippen LogP contribution in [0.1, 0.15) is 12.8 Å². The summed E-state index contributed by atoms with van der Waals surface area (Å²) >= 11 is 0. The van der Waals surface area contributed by atoms with Crippen LogP contribution in [0.25, 0.3) is 0 Å². The highest BCUT2D eigenvalue weighted by Gasteiger charge is 2.28. The molecule has 0 aromatic rings. The van der Waals surface area contributed by atoms with Gasteiger partial charge in [-0.15, -0.1) is 0 Å². The summed E-state index contributed by atoms with van der Waals surface area (Å²) < 4.78 is 0. The lowest BCUT2D eigenvalue weighted by Crippen LogP contribution is -2.50. The van der Waals surface area contributed by atoms with E-state index in [0.29, 0.717) is 0 Å². The maximum absolute atomic E-state index is 11.7. The molecule has 182 valence electrons. The summed E-state index contributed by atoms with van der Waals surface area (Å²) in [7, 11) is 0. The van der Waals surface area contributed by atoms with Gasteiger partial charge in [0.05, 0.1) is 26.2 Å². The second kappa shape index (κ2) is 14.7. The molecule has 1 atom stereocenters. The normalized spacial score (nSPS) is 12.1. The summed E-state index contributed by atoms with van der Waals surface area (Å²) in [5.41, 5.74) is 0. The Balaban J connectivity index is 5.53. The molecule has 0 saturated carbocycles. The lowest BCUT2D eigenvalue weighted by molar-refractivity contribution is -0.147. The Morgan fingerprint density at radius 1 is 0.531 bits per heavy atom. The first-order valence-electron chi connectivity index (χ1n) is 9.32. The molecule has 0 aromatic heterocycles. The van der Waals surface area contributed by atoms with Gasteiger partial charge in [0, 0.05) is 32.6 Å². The molecule has 15 nitrogen and oxygen atoms in total. The summed E-state index contributed by atoms with van der Waals surface area (Å²) in [5.74, 6) is -7.90. The Morgan fingerprint density at radius 2 is 0.875 bits per heavy atom. The SMILES string of the molecule is O=C(O)CC[C@H](C(=O)O)N(CCN(CC(=O)O)CC(=O)O)CCN(CC(=O)O)CC(=O)O. The van der Waals surface area contributed by atoms with E-state index in [0.717, 1.165) is 9.80 Å². The van der Waals surface area contributed by atoms with Gasteiger partial charge in [-0.2, -0.15) is 0 Å². The molecule has 0 fully saturated rings. The number of carbonyl (C=O) groups is 6. The van der Waals surface area contributed by atoms with E-state index in [1.807, 2.05) is 0 Å². The van der Waals surface area contributed by atoms with Crippen molar-refractivity contribution in [1.82, 2.24) is 14.7 Å². The predicted molar refractivity (Wildman–Crippen MR) is 103 cm³/mol. The fourth-order valence-electron chi connectivity index (χ4n) is 2.88. The lowest BCUT2D eigenvalue weighted by atomic mass is 10.1. The van der Waals surface area contributed by atoms with E-state index in [1.165, 1.54) is 4.90 Å². The second-order valence-electron chi connectivity index (χ2n) is 6.82. The number of aliphatic carboxylic acids is 6. The van der Waals surface area contributed by atoms with Crippen molar-refractivity contribution < 1.29 is 59.4 Å². The van der Waals surface area contributed by atoms with Crippen LogP contribution in [0.3, 0.4) is 0 Å². The van der Waals surface area contributed by atoms with Gasteiger partial charge in [0.15, 0.2) is 0 Å². The maximum Gasteiger partial charge on any atom is 0.320 e. The van der Waals surface area contributed by atoms with Crippen LogP contribution < -0.4 is 0 Å². The van der Waals surface area contributed by atoms with Crippen LogP contribution in [0.15, 0.2) is 0 Å². The van der Waals surface area contributed by atoms with Crippen molar-refractivity contribution in [3.05, 3.63) is 0 Å². The first kappa shape index (κ1) is 28.7. The Labute approximate surface area is 182 Å². The first-order chi connectivity index (χ1) is 14.8. The molecule has 0 saturated heterocycles. The molecule has 0 aromatic carbocycles. The molecule has 15 heteroatoms. The highest BCUT2D eigenvalue weighted by atomic mass is 16.4. The summed E-state index contributed by atoms with van der Waals surface area (Å²) in [5, 5.41) is 54.1. The molecule has 0 spiro atoms. The first-order valence-corrected chi connectivity index (χ1v) is 9.32. The van der Waals surface area contributed by atoms with Crippen molar-refractivity contribution in [1.29, 1.82) is 0 Å². The summed E-state index contributed by atoms with van der Waals surface area (Å²) in [4.78, 5) is 69.7. The van der Waals surface area contributed by atoms with Gasteiger partial charge in [0.1, 0.15) is 6.04 Å². The average molecular weight is 465 g/mol. The molecule has 0 amide bonds. The van der Waals surface area contributed by atoms with Gasteiger partial charge in [-0.25, -0.2) is 0 Å². The molecule has 0 aliphatic carbocycles. The van der Waals surface area contributed by atoms with E-state index in [2.05, 4.69) is 0 Å². The van der Waals surface area contributed by atoms with Gasteiger partial charge in [-0.05, 0) is 6.42 Å². The van der Waals surface area contributed by atoms with Gasteiger partial charge < -0.3 is 30.6 Å². The minimum atomic E-state index is -1.39. The van der Waals surface area contributed by atoms with E-state index in [4.69, 9.17) is 25.5 Å². The van der Waals surface area contributed by atoms with Crippen LogP contribution in [0.5, 0.6) is 0 Å². The third-order valence-electron chi connectivity index (χ3n) is 4.20. The van der Waals surface area contributed by atoms with Gasteiger partial charge in [-0.3, -0.25) is 43.5 Å². The smallest absolute Gasteiger partial charge is 0.320 e. The topological polar surface area (TPSA) is 234 Å². The number of rotatable bonds is 19. The minimum Gasteiger partial charge on any atom is -0.481 e. The fourth-order valence-corrected chi connectivity index (χ4v) is 2.88. The molecule has 0 radical (unpaired) electrons. The fraction of sp³-hybridized carbons (Fsp3) is 0.647. The Bertz CT molecular complexity index is 626. The number of carboxylic acids is 6. The second-order valence-corrected chi connectivity index (χ2v) is 6.82. The standard InChI is InChI=1S/C17H27N3O12/c21-12(22)2-1-11(17(31)32)20(5-3-18(7-13(23)24)8-14(25)26)6-4-19(9-15(27)28)10-16(29)30/h11H,1-10H2,(H,21,22)(H,23,24)(H,25,26)(H,27,28)(H,29,30)(H,31,32)/t11-/m1/s1. The number of carboxylic acid groups (broad SMARTS) is 6. The van der Waals surface area contributed by atoms with Crippen LogP contribution in [-0.2, 0) is 28.8 Å². The quantitative estimate of drug-likeness (QED) is 0.116.